The molecule has 0 atom stereocenters. The molecule has 0 fully saturated rings. The molecule has 0 aliphatic heterocycles. The molecule has 0 radical (unpaired) electrons. The van der Waals surface area contributed by atoms with Gasteiger partial charge in [-0.1, -0.05) is 12.1 Å². The summed E-state index contributed by atoms with van der Waals surface area (Å²) in [6, 6.07) is 9.23. The van der Waals surface area contributed by atoms with Crippen molar-refractivity contribution in [3.63, 3.8) is 0 Å². The average Bonchev–Trinajstić information content (AvgIpc) is 2.84. The lowest BCUT2D eigenvalue weighted by Crippen LogP contribution is -2.12. The largest absolute Gasteiger partial charge is 0.396 e. The quantitative estimate of drug-likeness (QED) is 0.773. The van der Waals surface area contributed by atoms with Crippen LogP contribution in [-0.2, 0) is 13.5 Å². The van der Waals surface area contributed by atoms with Crippen LogP contribution in [0.4, 0.5) is 5.69 Å². The molecule has 2 heterocycles. The van der Waals surface area contributed by atoms with Crippen LogP contribution < -0.4 is 5.32 Å². The van der Waals surface area contributed by atoms with Gasteiger partial charge in [0.25, 0.3) is 5.91 Å². The Labute approximate surface area is 133 Å². The molecular weight excluding hydrogens is 292 g/mol. The molecular formula is C17H18N4O2. The fraction of sp³-hybridized carbons (Fsp3) is 0.235. The van der Waals surface area contributed by atoms with Gasteiger partial charge in [-0.2, -0.15) is 5.10 Å². The molecule has 2 N–H and O–H groups in total. The first-order valence-electron chi connectivity index (χ1n) is 7.39. The number of anilines is 1. The molecule has 3 rings (SSSR count). The normalized spacial score (nSPS) is 10.9. The third-order valence-electron chi connectivity index (χ3n) is 3.74. The number of aryl methyl sites for hydroxylation is 2. The Hall–Kier alpha value is -2.73. The predicted molar refractivity (Wildman–Crippen MR) is 88.4 cm³/mol. The number of carbonyl (C=O) groups excluding carboxylic acids is 1. The highest BCUT2D eigenvalue weighted by Crippen LogP contribution is 2.18. The van der Waals surface area contributed by atoms with Gasteiger partial charge in [0.05, 0.1) is 11.3 Å². The number of aliphatic hydroxyl groups excluding tert-OH is 1. The molecule has 3 aromatic rings. The minimum Gasteiger partial charge on any atom is -0.396 e. The van der Waals surface area contributed by atoms with Crippen LogP contribution in [0, 0.1) is 6.92 Å². The summed E-state index contributed by atoms with van der Waals surface area (Å²) in [7, 11) is 1.83. The number of pyridine rings is 1. The predicted octanol–water partition coefficient (Wildman–Crippen LogP) is 2.06. The van der Waals surface area contributed by atoms with Crippen molar-refractivity contribution in [1.29, 1.82) is 0 Å². The van der Waals surface area contributed by atoms with E-state index in [4.69, 9.17) is 5.11 Å². The number of hydrogen-bond donors (Lipinski definition) is 2. The second-order valence-electron chi connectivity index (χ2n) is 5.43. The van der Waals surface area contributed by atoms with Gasteiger partial charge < -0.3 is 10.4 Å². The highest BCUT2D eigenvalue weighted by molar-refractivity contribution is 6.05. The van der Waals surface area contributed by atoms with Crippen molar-refractivity contribution in [1.82, 2.24) is 14.8 Å². The molecule has 6 nitrogen and oxygen atoms in total. The maximum absolute atomic E-state index is 12.4. The molecule has 118 valence electrons. The molecule has 0 spiro atoms. The van der Waals surface area contributed by atoms with E-state index in [2.05, 4.69) is 15.4 Å². The minimum atomic E-state index is -0.211. The Kier molecular flexibility index (Phi) is 4.08. The first-order chi connectivity index (χ1) is 11.1. The van der Waals surface area contributed by atoms with Crippen LogP contribution in [0.3, 0.4) is 0 Å². The van der Waals surface area contributed by atoms with Crippen LogP contribution >= 0.6 is 0 Å². The van der Waals surface area contributed by atoms with Gasteiger partial charge in [0.15, 0.2) is 5.65 Å². The third-order valence-corrected chi connectivity index (χ3v) is 3.74. The lowest BCUT2D eigenvalue weighted by atomic mass is 10.1. The Bertz CT molecular complexity index is 853. The van der Waals surface area contributed by atoms with E-state index in [0.717, 1.165) is 22.3 Å². The number of amides is 1. The second-order valence-corrected chi connectivity index (χ2v) is 5.43. The second kappa shape index (κ2) is 6.18. The van der Waals surface area contributed by atoms with E-state index < -0.39 is 0 Å². The molecule has 2 aromatic heterocycles. The monoisotopic (exact) mass is 310 g/mol. The molecule has 0 bridgehead atoms. The van der Waals surface area contributed by atoms with E-state index in [1.54, 1.807) is 16.9 Å². The van der Waals surface area contributed by atoms with Gasteiger partial charge in [0.2, 0.25) is 0 Å². The summed E-state index contributed by atoms with van der Waals surface area (Å²) < 4.78 is 1.70. The summed E-state index contributed by atoms with van der Waals surface area (Å²) in [6.07, 6.45) is 2.16. The number of aromatic nitrogens is 3. The van der Waals surface area contributed by atoms with Crippen molar-refractivity contribution in [3.8, 4) is 0 Å². The summed E-state index contributed by atoms with van der Waals surface area (Å²) in [4.78, 5) is 16.7. The Morgan fingerprint density at radius 1 is 1.30 bits per heavy atom. The van der Waals surface area contributed by atoms with Crippen molar-refractivity contribution in [2.24, 2.45) is 7.05 Å². The summed E-state index contributed by atoms with van der Waals surface area (Å²) >= 11 is 0. The molecule has 0 saturated carbocycles. The van der Waals surface area contributed by atoms with E-state index in [9.17, 15) is 4.79 Å². The van der Waals surface area contributed by atoms with Gasteiger partial charge >= 0.3 is 0 Å². The molecule has 1 aromatic carbocycles. The van der Waals surface area contributed by atoms with Gasteiger partial charge in [-0.25, -0.2) is 4.98 Å². The van der Waals surface area contributed by atoms with Gasteiger partial charge in [-0.05, 0) is 37.1 Å². The smallest absolute Gasteiger partial charge is 0.257 e. The zero-order valence-corrected chi connectivity index (χ0v) is 13.1. The zero-order valence-electron chi connectivity index (χ0n) is 13.1. The lowest BCUT2D eigenvalue weighted by Gasteiger charge is -2.06. The minimum absolute atomic E-state index is 0.113. The molecule has 0 aliphatic carbocycles. The van der Waals surface area contributed by atoms with Crippen molar-refractivity contribution in [2.75, 3.05) is 11.9 Å². The number of nitrogens with one attached hydrogen (secondary N) is 1. The Morgan fingerprint density at radius 3 is 2.74 bits per heavy atom. The van der Waals surface area contributed by atoms with Gasteiger partial charge in [0.1, 0.15) is 0 Å². The number of nitrogens with zero attached hydrogens (tertiary/aromatic N) is 3. The van der Waals surface area contributed by atoms with Gasteiger partial charge in [-0.15, -0.1) is 0 Å². The van der Waals surface area contributed by atoms with Crippen molar-refractivity contribution < 1.29 is 9.90 Å². The fourth-order valence-electron chi connectivity index (χ4n) is 2.52. The number of benzene rings is 1. The van der Waals surface area contributed by atoms with E-state index >= 15 is 0 Å². The van der Waals surface area contributed by atoms with E-state index in [0.29, 0.717) is 17.7 Å². The first-order valence-corrected chi connectivity index (χ1v) is 7.39. The molecule has 0 saturated heterocycles. The van der Waals surface area contributed by atoms with Crippen LogP contribution in [0.15, 0.2) is 36.5 Å². The topological polar surface area (TPSA) is 80.0 Å². The maximum Gasteiger partial charge on any atom is 0.257 e. The number of carbonyl (C=O) groups is 1. The Balaban J connectivity index is 1.81. The zero-order chi connectivity index (χ0) is 16.4. The standard InChI is InChI=1S/C17H18N4O2/c1-11-15-9-13(10-18-16(15)21(2)20-11)17(23)19-14-5-3-12(4-6-14)7-8-22/h3-6,9-10,22H,7-8H2,1-2H3,(H,19,23). The molecule has 6 heteroatoms. The molecule has 0 aliphatic rings. The number of fused-ring (bicyclic) bond motifs is 1. The molecule has 0 unspecified atom stereocenters. The van der Waals surface area contributed by atoms with Crippen LogP contribution in [0.5, 0.6) is 0 Å². The third kappa shape index (κ3) is 3.07. The first kappa shape index (κ1) is 15.2. The van der Waals surface area contributed by atoms with E-state index in [-0.39, 0.29) is 12.5 Å². The summed E-state index contributed by atoms with van der Waals surface area (Å²) in [6.45, 7) is 2.01. The Morgan fingerprint density at radius 2 is 2.04 bits per heavy atom. The van der Waals surface area contributed by atoms with Gasteiger partial charge in [0, 0.05) is 30.9 Å². The van der Waals surface area contributed by atoms with Crippen molar-refractivity contribution in [2.45, 2.75) is 13.3 Å². The van der Waals surface area contributed by atoms with Crippen LogP contribution in [0.1, 0.15) is 21.6 Å². The summed E-state index contributed by atoms with van der Waals surface area (Å²) in [5.41, 5.74) is 3.83. The highest BCUT2D eigenvalue weighted by atomic mass is 16.3. The maximum atomic E-state index is 12.4. The average molecular weight is 310 g/mol. The SMILES string of the molecule is Cc1nn(C)c2ncc(C(=O)Nc3ccc(CCO)cc3)cc12. The number of rotatable bonds is 4. The summed E-state index contributed by atoms with van der Waals surface area (Å²) in [5.74, 6) is -0.211. The van der Waals surface area contributed by atoms with Crippen LogP contribution in [-0.4, -0.2) is 32.4 Å². The highest BCUT2D eigenvalue weighted by Gasteiger charge is 2.12. The fourth-order valence-corrected chi connectivity index (χ4v) is 2.52. The van der Waals surface area contributed by atoms with E-state index in [1.807, 2.05) is 38.2 Å². The van der Waals surface area contributed by atoms with Crippen LogP contribution in [0.25, 0.3) is 11.0 Å². The lowest BCUT2D eigenvalue weighted by molar-refractivity contribution is 0.102. The van der Waals surface area contributed by atoms with Crippen LogP contribution in [0.2, 0.25) is 0 Å². The van der Waals surface area contributed by atoms with E-state index in [1.165, 1.54) is 0 Å². The van der Waals surface area contributed by atoms with Crippen molar-refractivity contribution >= 4 is 22.6 Å². The van der Waals surface area contributed by atoms with Gasteiger partial charge in [-0.3, -0.25) is 9.48 Å². The number of hydrogen-bond acceptors (Lipinski definition) is 4. The molecule has 1 amide bonds. The number of aliphatic hydroxyl groups is 1. The summed E-state index contributed by atoms with van der Waals surface area (Å²) in [5, 5.41) is 16.9. The van der Waals surface area contributed by atoms with Crippen molar-refractivity contribution in [3.05, 3.63) is 53.3 Å². The molecule has 23 heavy (non-hydrogen) atoms.